The smallest absolute Gasteiger partial charge is 0.250 e. The molecule has 1 aromatic rings. The van der Waals surface area contributed by atoms with E-state index < -0.39 is 11.3 Å². The predicted molar refractivity (Wildman–Crippen MR) is 63.2 cm³/mol. The summed E-state index contributed by atoms with van der Waals surface area (Å²) in [5.41, 5.74) is 5.23. The number of halogens is 2. The molecule has 90 valence electrons. The monoisotopic (exact) mass is 245 g/mol. The Bertz CT molecular complexity index is 365. The maximum atomic E-state index is 13.0. The molecule has 1 aliphatic rings. The highest BCUT2D eigenvalue weighted by Gasteiger charge is 2.57. The molecule has 0 aromatic carbocycles. The number of hydrogen-bond donors (Lipinski definition) is 1. The van der Waals surface area contributed by atoms with Crippen LogP contribution in [0.3, 0.4) is 0 Å². The number of nitrogens with two attached hydrogens (primary N) is 1. The van der Waals surface area contributed by atoms with Crippen LogP contribution in [0.1, 0.15) is 35.9 Å². The van der Waals surface area contributed by atoms with Crippen molar-refractivity contribution in [2.24, 2.45) is 5.73 Å². The summed E-state index contributed by atoms with van der Waals surface area (Å²) in [5.74, 6) is -2.51. The summed E-state index contributed by atoms with van der Waals surface area (Å²) >= 11 is 1.65. The Morgan fingerprint density at radius 3 is 2.56 bits per heavy atom. The zero-order valence-corrected chi connectivity index (χ0v) is 10.2. The molecule has 0 bridgehead atoms. The van der Waals surface area contributed by atoms with Crippen LogP contribution in [-0.2, 0) is 11.8 Å². The molecule has 1 heterocycles. The van der Waals surface area contributed by atoms with Crippen molar-refractivity contribution in [3.05, 3.63) is 21.9 Å². The van der Waals surface area contributed by atoms with Gasteiger partial charge >= 0.3 is 0 Å². The summed E-state index contributed by atoms with van der Waals surface area (Å²) in [6.45, 7) is 2.45. The second kappa shape index (κ2) is 4.08. The molecule has 2 N–H and O–H groups in total. The van der Waals surface area contributed by atoms with E-state index in [2.05, 4.69) is 13.0 Å². The second-order valence-corrected chi connectivity index (χ2v) is 5.88. The van der Waals surface area contributed by atoms with E-state index in [1.165, 1.54) is 4.88 Å². The molecule has 1 aromatic heterocycles. The van der Waals surface area contributed by atoms with Gasteiger partial charge in [-0.3, -0.25) is 0 Å². The number of thiophene rings is 1. The van der Waals surface area contributed by atoms with Gasteiger partial charge in [-0.1, -0.05) is 13.3 Å². The Balaban J connectivity index is 2.16. The zero-order valence-electron chi connectivity index (χ0n) is 9.43. The van der Waals surface area contributed by atoms with Crippen molar-refractivity contribution in [3.8, 4) is 0 Å². The molecular formula is C12H17F2NS. The first-order valence-corrected chi connectivity index (χ1v) is 6.50. The second-order valence-electron chi connectivity index (χ2n) is 4.71. The van der Waals surface area contributed by atoms with Gasteiger partial charge in [-0.25, -0.2) is 8.78 Å². The van der Waals surface area contributed by atoms with Crippen molar-refractivity contribution < 1.29 is 8.78 Å². The minimum atomic E-state index is -2.51. The normalized spacial score (nSPS) is 21.8. The average molecular weight is 245 g/mol. The van der Waals surface area contributed by atoms with Crippen molar-refractivity contribution in [2.45, 2.75) is 43.9 Å². The lowest BCUT2D eigenvalue weighted by molar-refractivity contribution is -0.122. The van der Waals surface area contributed by atoms with Crippen LogP contribution >= 0.6 is 11.3 Å². The topological polar surface area (TPSA) is 26.0 Å². The first kappa shape index (κ1) is 12.0. The molecule has 2 rings (SSSR count). The van der Waals surface area contributed by atoms with Crippen LogP contribution in [-0.4, -0.2) is 12.5 Å². The van der Waals surface area contributed by atoms with Gasteiger partial charge in [0.05, 0.1) is 0 Å². The van der Waals surface area contributed by atoms with E-state index in [1.54, 1.807) is 11.3 Å². The Morgan fingerprint density at radius 2 is 2.06 bits per heavy atom. The Morgan fingerprint density at radius 1 is 1.38 bits per heavy atom. The van der Waals surface area contributed by atoms with Gasteiger partial charge in [0, 0.05) is 34.6 Å². The lowest BCUT2D eigenvalue weighted by Gasteiger charge is -2.46. The number of hydrogen-bond acceptors (Lipinski definition) is 2. The quantitative estimate of drug-likeness (QED) is 0.865. The Labute approximate surface area is 98.7 Å². The molecular weight excluding hydrogens is 228 g/mol. The molecule has 0 aliphatic heterocycles. The summed E-state index contributed by atoms with van der Waals surface area (Å²) in [6, 6.07) is 4.04. The summed E-state index contributed by atoms with van der Waals surface area (Å²) in [7, 11) is 0. The minimum absolute atomic E-state index is 0.0808. The van der Waals surface area contributed by atoms with E-state index in [0.717, 1.165) is 17.7 Å². The third-order valence-electron chi connectivity index (χ3n) is 3.27. The number of rotatable bonds is 4. The summed E-state index contributed by atoms with van der Waals surface area (Å²) in [6.07, 6.45) is 1.96. The highest BCUT2D eigenvalue weighted by molar-refractivity contribution is 7.12. The molecule has 0 unspecified atom stereocenters. The van der Waals surface area contributed by atoms with Gasteiger partial charge in [0.15, 0.2) is 0 Å². The van der Waals surface area contributed by atoms with E-state index in [0.29, 0.717) is 6.54 Å². The Kier molecular flexibility index (Phi) is 3.05. The fraction of sp³-hybridized carbons (Fsp3) is 0.667. The fourth-order valence-corrected chi connectivity index (χ4v) is 3.71. The van der Waals surface area contributed by atoms with Crippen LogP contribution in [0.2, 0.25) is 0 Å². The van der Waals surface area contributed by atoms with Crippen LogP contribution in [0.15, 0.2) is 12.1 Å². The maximum Gasteiger partial charge on any atom is 0.250 e. The molecule has 4 heteroatoms. The van der Waals surface area contributed by atoms with Crippen molar-refractivity contribution in [1.82, 2.24) is 0 Å². The zero-order chi connectivity index (χ0) is 11.8. The average Bonchev–Trinajstić information content (AvgIpc) is 2.63. The number of aryl methyl sites for hydroxylation is 1. The predicted octanol–water partition coefficient (Wildman–Crippen LogP) is 3.33. The van der Waals surface area contributed by atoms with Crippen molar-refractivity contribution in [1.29, 1.82) is 0 Å². The lowest BCUT2D eigenvalue weighted by atomic mass is 9.65. The van der Waals surface area contributed by atoms with Crippen molar-refractivity contribution >= 4 is 11.3 Å². The highest BCUT2D eigenvalue weighted by atomic mass is 32.1. The fourth-order valence-electron chi connectivity index (χ4n) is 2.40. The van der Waals surface area contributed by atoms with Gasteiger partial charge in [0.25, 0.3) is 0 Å². The van der Waals surface area contributed by atoms with Crippen LogP contribution < -0.4 is 5.73 Å². The van der Waals surface area contributed by atoms with Crippen LogP contribution in [0.5, 0.6) is 0 Å². The largest absolute Gasteiger partial charge is 0.330 e. The third-order valence-corrected chi connectivity index (χ3v) is 4.66. The molecule has 0 amide bonds. The molecule has 1 aliphatic carbocycles. The van der Waals surface area contributed by atoms with Crippen LogP contribution in [0.4, 0.5) is 8.78 Å². The molecule has 16 heavy (non-hydrogen) atoms. The van der Waals surface area contributed by atoms with E-state index in [-0.39, 0.29) is 12.8 Å². The van der Waals surface area contributed by atoms with Gasteiger partial charge in [-0.2, -0.15) is 0 Å². The van der Waals surface area contributed by atoms with Gasteiger partial charge in [-0.15, -0.1) is 11.3 Å². The van der Waals surface area contributed by atoms with Crippen molar-refractivity contribution in [3.63, 3.8) is 0 Å². The number of alkyl halides is 2. The van der Waals surface area contributed by atoms with Gasteiger partial charge < -0.3 is 5.73 Å². The molecule has 0 spiro atoms. The van der Waals surface area contributed by atoms with E-state index in [9.17, 15) is 8.78 Å². The van der Waals surface area contributed by atoms with E-state index >= 15 is 0 Å². The van der Waals surface area contributed by atoms with E-state index in [4.69, 9.17) is 5.73 Å². The van der Waals surface area contributed by atoms with Crippen molar-refractivity contribution in [2.75, 3.05) is 6.54 Å². The molecule has 0 atom stereocenters. The Hall–Kier alpha value is -0.480. The van der Waals surface area contributed by atoms with E-state index in [1.807, 2.05) is 6.07 Å². The molecule has 1 nitrogen and oxygen atoms in total. The molecule has 1 saturated carbocycles. The summed E-state index contributed by atoms with van der Waals surface area (Å²) in [4.78, 5) is 2.32. The molecule has 0 saturated heterocycles. The molecule has 0 radical (unpaired) electrons. The SMILES string of the molecule is CCCc1ccc(C2(CN)CC(F)(F)C2)s1. The lowest BCUT2D eigenvalue weighted by Crippen LogP contribution is -2.53. The maximum absolute atomic E-state index is 13.0. The summed E-state index contributed by atoms with van der Waals surface area (Å²) in [5, 5.41) is 0. The highest BCUT2D eigenvalue weighted by Crippen LogP contribution is 2.54. The summed E-state index contributed by atoms with van der Waals surface area (Å²) < 4.78 is 26.0. The van der Waals surface area contributed by atoms with Gasteiger partial charge in [0.1, 0.15) is 0 Å². The van der Waals surface area contributed by atoms with Crippen LogP contribution in [0, 0.1) is 0 Å². The first-order chi connectivity index (χ1) is 7.51. The van der Waals surface area contributed by atoms with Gasteiger partial charge in [0.2, 0.25) is 5.92 Å². The third kappa shape index (κ3) is 2.00. The standard InChI is InChI=1S/C12H17F2NS/c1-2-3-9-4-5-10(16-9)11(8-15)6-12(13,14)7-11/h4-5H,2-3,6-8,15H2,1H3. The van der Waals surface area contributed by atoms with Gasteiger partial charge in [-0.05, 0) is 18.6 Å². The van der Waals surface area contributed by atoms with Crippen LogP contribution in [0.25, 0.3) is 0 Å². The first-order valence-electron chi connectivity index (χ1n) is 5.68. The minimum Gasteiger partial charge on any atom is -0.330 e. The molecule has 1 fully saturated rings.